The van der Waals surface area contributed by atoms with E-state index < -0.39 is 10.0 Å². The van der Waals surface area contributed by atoms with Crippen molar-refractivity contribution in [3.8, 4) is 0 Å². The Labute approximate surface area is 176 Å². The first kappa shape index (κ1) is 20.4. The lowest BCUT2D eigenvalue weighted by Crippen LogP contribution is -2.39. The molecule has 9 heteroatoms. The van der Waals surface area contributed by atoms with E-state index in [-0.39, 0.29) is 5.92 Å². The molecule has 8 nitrogen and oxygen atoms in total. The summed E-state index contributed by atoms with van der Waals surface area (Å²) in [6.07, 6.45) is 8.11. The van der Waals surface area contributed by atoms with E-state index in [2.05, 4.69) is 25.3 Å². The van der Waals surface area contributed by atoms with E-state index in [1.165, 1.54) is 0 Å². The summed E-state index contributed by atoms with van der Waals surface area (Å²) in [6.45, 7) is 4.82. The third-order valence-electron chi connectivity index (χ3n) is 5.40. The minimum atomic E-state index is -3.54. The second kappa shape index (κ2) is 8.45. The molecule has 1 atom stereocenters. The summed E-state index contributed by atoms with van der Waals surface area (Å²) in [5.41, 5.74) is 2.87. The normalized spacial score (nSPS) is 17.6. The van der Waals surface area contributed by atoms with Crippen molar-refractivity contribution in [1.29, 1.82) is 0 Å². The minimum Gasteiger partial charge on any atom is -0.307 e. The molecule has 0 spiro atoms. The van der Waals surface area contributed by atoms with Gasteiger partial charge in [-0.2, -0.15) is 4.31 Å². The van der Waals surface area contributed by atoms with Gasteiger partial charge in [-0.25, -0.2) is 23.4 Å². The average molecular weight is 425 g/mol. The van der Waals surface area contributed by atoms with Crippen LogP contribution < -0.4 is 5.32 Å². The largest absolute Gasteiger partial charge is 0.307 e. The molecular weight excluding hydrogens is 400 g/mol. The van der Waals surface area contributed by atoms with Gasteiger partial charge in [0, 0.05) is 37.6 Å². The molecule has 0 saturated carbocycles. The first-order valence-electron chi connectivity index (χ1n) is 9.87. The van der Waals surface area contributed by atoms with Crippen molar-refractivity contribution in [2.24, 2.45) is 0 Å². The van der Waals surface area contributed by atoms with Gasteiger partial charge in [0.15, 0.2) is 5.82 Å². The maximum atomic E-state index is 13.2. The number of nitrogens with zero attached hydrogens (tertiary/aromatic N) is 5. The number of hydrogen-bond donors (Lipinski definition) is 1. The maximum Gasteiger partial charge on any atom is 0.243 e. The second-order valence-corrected chi connectivity index (χ2v) is 9.41. The average Bonchev–Trinajstić information content (AvgIpc) is 2.76. The molecule has 1 N–H and O–H groups in total. The van der Waals surface area contributed by atoms with Gasteiger partial charge in [0.1, 0.15) is 0 Å². The topological polar surface area (TPSA) is 101 Å². The number of aryl methyl sites for hydroxylation is 2. The molecule has 0 unspecified atom stereocenters. The lowest BCUT2D eigenvalue weighted by atomic mass is 9.96. The van der Waals surface area contributed by atoms with Crippen LogP contribution in [0, 0.1) is 13.8 Å². The van der Waals surface area contributed by atoms with Gasteiger partial charge < -0.3 is 5.32 Å². The fourth-order valence-corrected chi connectivity index (χ4v) is 5.17. The predicted octanol–water partition coefficient (Wildman–Crippen LogP) is 3.20. The molecule has 0 bridgehead atoms. The summed E-state index contributed by atoms with van der Waals surface area (Å²) >= 11 is 0. The van der Waals surface area contributed by atoms with Gasteiger partial charge in [-0.3, -0.25) is 4.98 Å². The highest BCUT2D eigenvalue weighted by Gasteiger charge is 2.31. The van der Waals surface area contributed by atoms with Crippen LogP contribution in [0.15, 0.2) is 53.9 Å². The lowest BCUT2D eigenvalue weighted by Gasteiger charge is -2.31. The monoisotopic (exact) mass is 424 g/mol. The fraction of sp³-hybridized carbons (Fsp3) is 0.333. The summed E-state index contributed by atoms with van der Waals surface area (Å²) in [4.78, 5) is 17.4. The Bertz CT molecular complexity index is 1140. The van der Waals surface area contributed by atoms with Crippen LogP contribution in [0.3, 0.4) is 0 Å². The maximum absolute atomic E-state index is 13.2. The number of hydrogen-bond acceptors (Lipinski definition) is 7. The molecule has 1 aromatic carbocycles. The van der Waals surface area contributed by atoms with E-state index in [1.54, 1.807) is 41.2 Å². The van der Waals surface area contributed by atoms with E-state index in [0.717, 1.165) is 29.7 Å². The van der Waals surface area contributed by atoms with E-state index in [0.29, 0.717) is 29.8 Å². The zero-order valence-corrected chi connectivity index (χ0v) is 17.8. The highest BCUT2D eigenvalue weighted by Crippen LogP contribution is 2.30. The Morgan fingerprint density at radius 2 is 1.93 bits per heavy atom. The highest BCUT2D eigenvalue weighted by molar-refractivity contribution is 7.89. The van der Waals surface area contributed by atoms with Crippen LogP contribution in [-0.4, -0.2) is 45.7 Å². The number of anilines is 2. The van der Waals surface area contributed by atoms with Gasteiger partial charge in [0.2, 0.25) is 16.0 Å². The van der Waals surface area contributed by atoms with Crippen molar-refractivity contribution >= 4 is 21.8 Å². The number of aromatic nitrogens is 4. The van der Waals surface area contributed by atoms with Crippen molar-refractivity contribution in [3.63, 3.8) is 0 Å². The van der Waals surface area contributed by atoms with E-state index in [9.17, 15) is 8.42 Å². The van der Waals surface area contributed by atoms with E-state index in [1.807, 2.05) is 26.0 Å². The van der Waals surface area contributed by atoms with Gasteiger partial charge in [0.05, 0.1) is 16.8 Å². The van der Waals surface area contributed by atoms with Crippen molar-refractivity contribution < 1.29 is 8.42 Å². The molecule has 4 rings (SSSR count). The minimum absolute atomic E-state index is 0.00507. The molecule has 2 aromatic heterocycles. The van der Waals surface area contributed by atoms with Crippen LogP contribution in [0.5, 0.6) is 0 Å². The highest BCUT2D eigenvalue weighted by atomic mass is 32.2. The molecule has 0 radical (unpaired) electrons. The number of nitrogens with one attached hydrogen (secondary N) is 1. The number of piperidine rings is 1. The molecule has 1 saturated heterocycles. The van der Waals surface area contributed by atoms with Gasteiger partial charge in [-0.1, -0.05) is 6.07 Å². The molecule has 3 aromatic rings. The van der Waals surface area contributed by atoms with Gasteiger partial charge in [-0.05, 0) is 56.0 Å². The number of rotatable bonds is 5. The summed E-state index contributed by atoms with van der Waals surface area (Å²) in [6, 6.07) is 7.15. The van der Waals surface area contributed by atoms with Crippen LogP contribution >= 0.6 is 0 Å². The Kier molecular flexibility index (Phi) is 5.74. The van der Waals surface area contributed by atoms with Crippen LogP contribution in [-0.2, 0) is 10.0 Å². The zero-order chi connectivity index (χ0) is 21.1. The predicted molar refractivity (Wildman–Crippen MR) is 114 cm³/mol. The van der Waals surface area contributed by atoms with Gasteiger partial charge in [0.25, 0.3) is 0 Å². The van der Waals surface area contributed by atoms with Crippen LogP contribution in [0.4, 0.5) is 11.8 Å². The second-order valence-electron chi connectivity index (χ2n) is 7.47. The van der Waals surface area contributed by atoms with Gasteiger partial charge >= 0.3 is 0 Å². The molecule has 3 heterocycles. The van der Waals surface area contributed by atoms with Crippen molar-refractivity contribution in [3.05, 3.63) is 65.9 Å². The quantitative estimate of drug-likeness (QED) is 0.671. The molecule has 0 aliphatic carbocycles. The molecule has 1 aliphatic rings. The number of sulfonamides is 1. The summed E-state index contributed by atoms with van der Waals surface area (Å²) < 4.78 is 28.0. The Morgan fingerprint density at radius 1 is 1.07 bits per heavy atom. The lowest BCUT2D eigenvalue weighted by molar-refractivity contribution is 0.312. The SMILES string of the molecule is Cc1ccc(S(=O)(=O)N2CCC[C@@H](c3ccnc(Nc4cnccn4)n3)C2)cc1C. The molecular formula is C21H24N6O2S. The summed E-state index contributed by atoms with van der Waals surface area (Å²) in [5, 5.41) is 3.03. The molecule has 30 heavy (non-hydrogen) atoms. The first-order chi connectivity index (χ1) is 14.4. The summed E-state index contributed by atoms with van der Waals surface area (Å²) in [7, 11) is -3.54. The van der Waals surface area contributed by atoms with E-state index in [4.69, 9.17) is 0 Å². The number of benzene rings is 1. The van der Waals surface area contributed by atoms with Crippen LogP contribution in [0.2, 0.25) is 0 Å². The Balaban J connectivity index is 1.54. The van der Waals surface area contributed by atoms with E-state index >= 15 is 0 Å². The fourth-order valence-electron chi connectivity index (χ4n) is 3.56. The summed E-state index contributed by atoms with van der Waals surface area (Å²) in [5.74, 6) is 0.977. The zero-order valence-electron chi connectivity index (χ0n) is 17.0. The first-order valence-corrected chi connectivity index (χ1v) is 11.3. The molecule has 1 fully saturated rings. The van der Waals surface area contributed by atoms with Crippen molar-refractivity contribution in [2.45, 2.75) is 37.5 Å². The molecule has 156 valence electrons. The van der Waals surface area contributed by atoms with Crippen LogP contribution in [0.25, 0.3) is 0 Å². The third-order valence-corrected chi connectivity index (χ3v) is 7.26. The standard InChI is InChI=1S/C21H24N6O2S/c1-15-5-6-18(12-16(15)2)30(28,29)27-11-3-4-17(14-27)19-7-8-24-21(25-19)26-20-13-22-9-10-23-20/h5-10,12-13,17H,3-4,11,14H2,1-2H3,(H,23,24,25,26)/t17-/m1/s1. The molecule has 1 aliphatic heterocycles. The van der Waals surface area contributed by atoms with Crippen LogP contribution in [0.1, 0.15) is 35.6 Å². The third kappa shape index (κ3) is 4.31. The Morgan fingerprint density at radius 3 is 2.70 bits per heavy atom. The molecule has 0 amide bonds. The smallest absolute Gasteiger partial charge is 0.243 e. The van der Waals surface area contributed by atoms with Crippen molar-refractivity contribution in [2.75, 3.05) is 18.4 Å². The Hall–Kier alpha value is -2.91. The van der Waals surface area contributed by atoms with Crippen molar-refractivity contribution in [1.82, 2.24) is 24.2 Å². The van der Waals surface area contributed by atoms with Gasteiger partial charge in [-0.15, -0.1) is 0 Å².